The van der Waals surface area contributed by atoms with E-state index in [1.165, 1.54) is 6.26 Å². The van der Waals surface area contributed by atoms with Gasteiger partial charge in [-0.05, 0) is 66.0 Å². The molecule has 1 atom stereocenters. The van der Waals surface area contributed by atoms with Crippen LogP contribution in [-0.4, -0.2) is 43.8 Å². The van der Waals surface area contributed by atoms with Crippen molar-refractivity contribution in [2.24, 2.45) is 0 Å². The molecule has 0 bridgehead atoms. The average Bonchev–Trinajstić information content (AvgIpc) is 3.31. The van der Waals surface area contributed by atoms with Gasteiger partial charge in [-0.2, -0.15) is 0 Å². The number of hydrogen-bond acceptors (Lipinski definition) is 3. The molecule has 0 aromatic heterocycles. The SMILES string of the molecule is CS(=O)(=O)C1CCCCN(C(=O)C2(c3ccc(I)cc3)CC2)C1. The molecule has 1 aliphatic heterocycles. The fourth-order valence-corrected chi connectivity index (χ4v) is 4.86. The zero-order valence-electron chi connectivity index (χ0n) is 13.3. The molecule has 0 radical (unpaired) electrons. The van der Waals surface area contributed by atoms with E-state index in [0.717, 1.165) is 34.8 Å². The first-order valence-electron chi connectivity index (χ1n) is 8.07. The van der Waals surface area contributed by atoms with E-state index in [2.05, 4.69) is 22.6 Å². The lowest BCUT2D eigenvalue weighted by Gasteiger charge is -2.28. The number of likely N-dealkylation sites (tertiary alicyclic amines) is 1. The highest BCUT2D eigenvalue weighted by Gasteiger charge is 2.53. The summed E-state index contributed by atoms with van der Waals surface area (Å²) in [6, 6.07) is 8.15. The van der Waals surface area contributed by atoms with Gasteiger partial charge in [0.25, 0.3) is 0 Å². The van der Waals surface area contributed by atoms with E-state index in [4.69, 9.17) is 0 Å². The fourth-order valence-electron chi connectivity index (χ4n) is 3.46. The predicted octanol–water partition coefficient (Wildman–Crippen LogP) is 2.75. The van der Waals surface area contributed by atoms with Gasteiger partial charge in [-0.1, -0.05) is 18.6 Å². The predicted molar refractivity (Wildman–Crippen MR) is 99.1 cm³/mol. The van der Waals surface area contributed by atoms with Crippen molar-refractivity contribution in [1.29, 1.82) is 0 Å². The van der Waals surface area contributed by atoms with Crippen LogP contribution in [0.5, 0.6) is 0 Å². The van der Waals surface area contributed by atoms with Crippen LogP contribution in [0.15, 0.2) is 24.3 Å². The van der Waals surface area contributed by atoms with Gasteiger partial charge in [0.05, 0.1) is 10.7 Å². The third kappa shape index (κ3) is 3.57. The molecule has 1 aromatic rings. The number of hydrogen-bond donors (Lipinski definition) is 0. The van der Waals surface area contributed by atoms with Crippen molar-refractivity contribution < 1.29 is 13.2 Å². The second kappa shape index (κ2) is 6.35. The van der Waals surface area contributed by atoms with Crippen molar-refractivity contribution in [1.82, 2.24) is 4.90 Å². The highest BCUT2D eigenvalue weighted by atomic mass is 127. The molecule has 1 aromatic carbocycles. The summed E-state index contributed by atoms with van der Waals surface area (Å²) in [4.78, 5) is 14.9. The van der Waals surface area contributed by atoms with Crippen molar-refractivity contribution in [3.8, 4) is 0 Å². The molecule has 1 saturated heterocycles. The van der Waals surface area contributed by atoms with Crippen LogP contribution in [0.25, 0.3) is 0 Å². The maximum absolute atomic E-state index is 13.1. The van der Waals surface area contributed by atoms with Crippen LogP contribution in [-0.2, 0) is 20.0 Å². The number of carbonyl (C=O) groups excluding carboxylic acids is 1. The molecule has 1 aliphatic carbocycles. The fraction of sp³-hybridized carbons (Fsp3) is 0.588. The first-order valence-corrected chi connectivity index (χ1v) is 11.1. The Hall–Kier alpha value is -0.630. The summed E-state index contributed by atoms with van der Waals surface area (Å²) in [7, 11) is -3.11. The van der Waals surface area contributed by atoms with Crippen LogP contribution < -0.4 is 0 Å². The molecule has 1 heterocycles. The van der Waals surface area contributed by atoms with Crippen molar-refractivity contribution in [3.63, 3.8) is 0 Å². The largest absolute Gasteiger partial charge is 0.341 e. The van der Waals surface area contributed by atoms with Gasteiger partial charge < -0.3 is 4.90 Å². The van der Waals surface area contributed by atoms with Crippen molar-refractivity contribution in [2.45, 2.75) is 42.8 Å². The summed E-state index contributed by atoms with van der Waals surface area (Å²) in [5, 5.41) is -0.415. The molecular formula is C17H22INO3S. The lowest BCUT2D eigenvalue weighted by atomic mass is 9.94. The molecule has 126 valence electrons. The number of carbonyl (C=O) groups is 1. The normalized spacial score (nSPS) is 24.1. The molecule has 1 amide bonds. The summed E-state index contributed by atoms with van der Waals surface area (Å²) in [6.45, 7) is 1.03. The van der Waals surface area contributed by atoms with Gasteiger partial charge >= 0.3 is 0 Å². The topological polar surface area (TPSA) is 54.5 Å². The van der Waals surface area contributed by atoms with Crippen molar-refractivity contribution in [2.75, 3.05) is 19.3 Å². The molecule has 1 unspecified atom stereocenters. The van der Waals surface area contributed by atoms with Crippen LogP contribution in [0.2, 0.25) is 0 Å². The minimum atomic E-state index is -3.11. The van der Waals surface area contributed by atoms with Crippen LogP contribution in [0.1, 0.15) is 37.7 Å². The molecule has 4 nitrogen and oxygen atoms in total. The van der Waals surface area contributed by atoms with Crippen molar-refractivity contribution >= 4 is 38.3 Å². The lowest BCUT2D eigenvalue weighted by Crippen LogP contribution is -2.44. The Balaban J connectivity index is 1.82. The van der Waals surface area contributed by atoms with Gasteiger partial charge in [-0.25, -0.2) is 8.42 Å². The molecule has 6 heteroatoms. The average molecular weight is 447 g/mol. The van der Waals surface area contributed by atoms with E-state index in [9.17, 15) is 13.2 Å². The van der Waals surface area contributed by atoms with Gasteiger partial charge in [0.15, 0.2) is 9.84 Å². The van der Waals surface area contributed by atoms with E-state index < -0.39 is 20.5 Å². The monoisotopic (exact) mass is 447 g/mol. The maximum Gasteiger partial charge on any atom is 0.233 e. The zero-order chi connectivity index (χ0) is 16.7. The van der Waals surface area contributed by atoms with Gasteiger partial charge in [0.2, 0.25) is 5.91 Å². The molecule has 2 fully saturated rings. The second-order valence-electron chi connectivity index (χ2n) is 6.79. The number of nitrogens with zero attached hydrogens (tertiary/aromatic N) is 1. The summed E-state index contributed by atoms with van der Waals surface area (Å²) >= 11 is 2.26. The number of amides is 1. The summed E-state index contributed by atoms with van der Waals surface area (Å²) in [5.74, 6) is 0.120. The van der Waals surface area contributed by atoms with Gasteiger partial charge in [-0.3, -0.25) is 4.79 Å². The van der Waals surface area contributed by atoms with Crippen LogP contribution in [0.4, 0.5) is 0 Å². The Kier molecular flexibility index (Phi) is 4.75. The minimum Gasteiger partial charge on any atom is -0.341 e. The van der Waals surface area contributed by atoms with E-state index in [1.54, 1.807) is 0 Å². The first-order chi connectivity index (χ1) is 10.8. The molecule has 1 saturated carbocycles. The highest BCUT2D eigenvalue weighted by molar-refractivity contribution is 14.1. The second-order valence-corrected chi connectivity index (χ2v) is 10.4. The number of benzene rings is 1. The van der Waals surface area contributed by atoms with Gasteiger partial charge in [0, 0.05) is 22.9 Å². The smallest absolute Gasteiger partial charge is 0.233 e. The van der Waals surface area contributed by atoms with E-state index in [-0.39, 0.29) is 5.91 Å². The highest BCUT2D eigenvalue weighted by Crippen LogP contribution is 2.50. The van der Waals surface area contributed by atoms with Gasteiger partial charge in [-0.15, -0.1) is 0 Å². The summed E-state index contributed by atoms with van der Waals surface area (Å²) < 4.78 is 25.0. The summed E-state index contributed by atoms with van der Waals surface area (Å²) in [5.41, 5.74) is 0.666. The van der Waals surface area contributed by atoms with E-state index >= 15 is 0 Å². The number of halogens is 1. The number of sulfone groups is 1. The Labute approximate surface area is 151 Å². The Morgan fingerprint density at radius 3 is 2.43 bits per heavy atom. The molecule has 3 rings (SSSR count). The molecule has 23 heavy (non-hydrogen) atoms. The third-order valence-electron chi connectivity index (χ3n) is 5.08. The Morgan fingerprint density at radius 1 is 1.22 bits per heavy atom. The van der Waals surface area contributed by atoms with Crippen LogP contribution in [0.3, 0.4) is 0 Å². The molecule has 0 N–H and O–H groups in total. The Morgan fingerprint density at radius 2 is 1.87 bits per heavy atom. The first kappa shape index (κ1) is 17.2. The van der Waals surface area contributed by atoms with Crippen LogP contribution in [0, 0.1) is 3.57 Å². The summed E-state index contributed by atoms with van der Waals surface area (Å²) in [6.07, 6.45) is 5.45. The van der Waals surface area contributed by atoms with Crippen LogP contribution >= 0.6 is 22.6 Å². The minimum absolute atomic E-state index is 0.120. The van der Waals surface area contributed by atoms with E-state index in [1.807, 2.05) is 29.2 Å². The molecular weight excluding hydrogens is 425 g/mol. The van der Waals surface area contributed by atoms with E-state index in [0.29, 0.717) is 19.5 Å². The molecule has 2 aliphatic rings. The number of rotatable bonds is 3. The standard InChI is InChI=1S/C17H22INO3S/c1-23(21,22)15-4-2-3-11-19(12-15)16(20)17(9-10-17)13-5-7-14(18)8-6-13/h5-8,15H,2-4,9-12H2,1H3. The Bertz CT molecular complexity index is 695. The quantitative estimate of drug-likeness (QED) is 0.670. The zero-order valence-corrected chi connectivity index (χ0v) is 16.3. The molecule has 0 spiro atoms. The van der Waals surface area contributed by atoms with Crippen molar-refractivity contribution in [3.05, 3.63) is 33.4 Å². The van der Waals surface area contributed by atoms with Gasteiger partial charge in [0.1, 0.15) is 0 Å². The lowest BCUT2D eigenvalue weighted by molar-refractivity contribution is -0.133. The third-order valence-corrected chi connectivity index (χ3v) is 7.39. The maximum atomic E-state index is 13.1.